The largest absolute Gasteiger partial charge is 0.339 e. The molecule has 1 aliphatic heterocycles. The molecule has 0 N–H and O–H groups in total. The quantitative estimate of drug-likeness (QED) is 0.798. The molecule has 2 amide bonds. The molecule has 1 aromatic carbocycles. The molecule has 0 unspecified atom stereocenters. The van der Waals surface area contributed by atoms with Crippen LogP contribution in [0.15, 0.2) is 29.2 Å². The Morgan fingerprint density at radius 3 is 2.38 bits per heavy atom. The van der Waals surface area contributed by atoms with E-state index in [-0.39, 0.29) is 11.8 Å². The molecule has 114 valence electrons. The first-order valence-corrected chi connectivity index (χ1v) is 8.35. The lowest BCUT2D eigenvalue weighted by Crippen LogP contribution is -2.50. The van der Waals surface area contributed by atoms with Gasteiger partial charge in [0.1, 0.15) is 0 Å². The molecule has 0 aliphatic carbocycles. The molecule has 6 heteroatoms. The lowest BCUT2D eigenvalue weighted by Gasteiger charge is -2.34. The molecule has 0 spiro atoms. The molecular formula is C15H19ClN2O2S. The second-order valence-corrected chi connectivity index (χ2v) is 6.46. The van der Waals surface area contributed by atoms with E-state index in [4.69, 9.17) is 11.6 Å². The summed E-state index contributed by atoms with van der Waals surface area (Å²) in [4.78, 5) is 28.0. The molecule has 1 aliphatic rings. The van der Waals surface area contributed by atoms with Crippen LogP contribution in [0.4, 0.5) is 0 Å². The number of hydrogen-bond acceptors (Lipinski definition) is 3. The van der Waals surface area contributed by atoms with Crippen molar-refractivity contribution in [2.45, 2.75) is 18.2 Å². The average Bonchev–Trinajstić information content (AvgIpc) is 2.49. The van der Waals surface area contributed by atoms with Crippen molar-refractivity contribution in [3.63, 3.8) is 0 Å². The Balaban J connectivity index is 1.73. The van der Waals surface area contributed by atoms with Gasteiger partial charge in [0.25, 0.3) is 0 Å². The van der Waals surface area contributed by atoms with E-state index >= 15 is 0 Å². The normalized spacial score (nSPS) is 15.1. The molecule has 21 heavy (non-hydrogen) atoms. The highest BCUT2D eigenvalue weighted by atomic mass is 35.5. The summed E-state index contributed by atoms with van der Waals surface area (Å²) in [5.41, 5.74) is 0. The van der Waals surface area contributed by atoms with Gasteiger partial charge in [-0.15, -0.1) is 11.8 Å². The fourth-order valence-electron chi connectivity index (χ4n) is 2.24. The van der Waals surface area contributed by atoms with Gasteiger partial charge in [-0.25, -0.2) is 0 Å². The maximum absolute atomic E-state index is 12.1. The number of halogens is 1. The second kappa shape index (κ2) is 7.71. The number of nitrogens with zero attached hydrogens (tertiary/aromatic N) is 2. The van der Waals surface area contributed by atoms with Crippen LogP contribution in [0.3, 0.4) is 0 Å². The number of carbonyl (C=O) groups is 2. The highest BCUT2D eigenvalue weighted by Crippen LogP contribution is 2.27. The van der Waals surface area contributed by atoms with Gasteiger partial charge < -0.3 is 9.80 Å². The summed E-state index contributed by atoms with van der Waals surface area (Å²) >= 11 is 7.68. The second-order valence-electron chi connectivity index (χ2n) is 4.92. The first-order chi connectivity index (χ1) is 10.1. The molecule has 1 saturated heterocycles. The number of carbonyl (C=O) groups excluding carboxylic acids is 2. The van der Waals surface area contributed by atoms with Gasteiger partial charge in [-0.2, -0.15) is 0 Å². The molecule has 4 nitrogen and oxygen atoms in total. The van der Waals surface area contributed by atoms with Crippen LogP contribution in [-0.2, 0) is 9.59 Å². The zero-order valence-electron chi connectivity index (χ0n) is 12.0. The van der Waals surface area contributed by atoms with Crippen LogP contribution >= 0.6 is 23.4 Å². The van der Waals surface area contributed by atoms with E-state index in [0.29, 0.717) is 32.6 Å². The van der Waals surface area contributed by atoms with Crippen molar-refractivity contribution < 1.29 is 9.59 Å². The van der Waals surface area contributed by atoms with Crippen LogP contribution in [0.5, 0.6) is 0 Å². The van der Waals surface area contributed by atoms with Gasteiger partial charge in [-0.1, -0.05) is 23.7 Å². The van der Waals surface area contributed by atoms with Crippen molar-refractivity contribution in [3.05, 3.63) is 29.3 Å². The summed E-state index contributed by atoms with van der Waals surface area (Å²) in [7, 11) is 0. The van der Waals surface area contributed by atoms with Crippen molar-refractivity contribution in [2.75, 3.05) is 31.9 Å². The number of amides is 2. The lowest BCUT2D eigenvalue weighted by molar-refractivity contribution is -0.138. The molecule has 1 aromatic rings. The van der Waals surface area contributed by atoms with E-state index in [1.807, 2.05) is 29.2 Å². The first kappa shape index (κ1) is 16.2. The van der Waals surface area contributed by atoms with Gasteiger partial charge in [0, 0.05) is 50.2 Å². The van der Waals surface area contributed by atoms with E-state index in [2.05, 4.69) is 0 Å². The maximum Gasteiger partial charge on any atom is 0.223 e. The van der Waals surface area contributed by atoms with Gasteiger partial charge in [0.15, 0.2) is 0 Å². The van der Waals surface area contributed by atoms with Gasteiger partial charge in [-0.3, -0.25) is 9.59 Å². The minimum atomic E-state index is 0.0800. The van der Waals surface area contributed by atoms with Crippen LogP contribution in [0.2, 0.25) is 5.02 Å². The maximum atomic E-state index is 12.1. The average molecular weight is 327 g/mol. The van der Waals surface area contributed by atoms with E-state index in [1.165, 1.54) is 0 Å². The zero-order chi connectivity index (χ0) is 15.2. The lowest BCUT2D eigenvalue weighted by atomic mass is 10.3. The first-order valence-electron chi connectivity index (χ1n) is 6.98. The fraction of sp³-hybridized carbons (Fsp3) is 0.467. The Bertz CT molecular complexity index is 516. The van der Waals surface area contributed by atoms with Crippen LogP contribution in [0, 0.1) is 0 Å². The summed E-state index contributed by atoms with van der Waals surface area (Å²) in [5, 5.41) is 0.727. The predicted octanol–water partition coefficient (Wildman–Crippen LogP) is 2.51. The Kier molecular flexibility index (Phi) is 5.94. The van der Waals surface area contributed by atoms with Gasteiger partial charge in [0.2, 0.25) is 11.8 Å². The molecule has 0 aromatic heterocycles. The highest BCUT2D eigenvalue weighted by Gasteiger charge is 2.21. The monoisotopic (exact) mass is 326 g/mol. The molecule has 2 rings (SSSR count). The third kappa shape index (κ3) is 4.64. The third-order valence-electron chi connectivity index (χ3n) is 3.49. The van der Waals surface area contributed by atoms with Gasteiger partial charge in [0.05, 0.1) is 5.02 Å². The Hall–Kier alpha value is -1.20. The zero-order valence-corrected chi connectivity index (χ0v) is 13.6. The van der Waals surface area contributed by atoms with Crippen molar-refractivity contribution >= 4 is 35.2 Å². The van der Waals surface area contributed by atoms with Crippen LogP contribution < -0.4 is 0 Å². The topological polar surface area (TPSA) is 40.6 Å². The number of piperazine rings is 1. The number of hydrogen-bond donors (Lipinski definition) is 0. The number of benzene rings is 1. The summed E-state index contributed by atoms with van der Waals surface area (Å²) < 4.78 is 0. The number of rotatable bonds is 4. The molecule has 0 radical (unpaired) electrons. The van der Waals surface area contributed by atoms with Crippen molar-refractivity contribution in [3.8, 4) is 0 Å². The smallest absolute Gasteiger partial charge is 0.223 e. The molecule has 0 atom stereocenters. The van der Waals surface area contributed by atoms with E-state index in [1.54, 1.807) is 23.6 Å². The Morgan fingerprint density at radius 1 is 1.14 bits per heavy atom. The molecule has 0 bridgehead atoms. The Labute approximate surface area is 134 Å². The molecule has 1 heterocycles. The summed E-state index contributed by atoms with van der Waals surface area (Å²) in [6.45, 7) is 4.11. The van der Waals surface area contributed by atoms with Crippen molar-refractivity contribution in [1.82, 2.24) is 9.80 Å². The summed E-state index contributed by atoms with van der Waals surface area (Å²) in [6.07, 6.45) is 0.496. The van der Waals surface area contributed by atoms with E-state index < -0.39 is 0 Å². The predicted molar refractivity (Wildman–Crippen MR) is 85.6 cm³/mol. The summed E-state index contributed by atoms with van der Waals surface area (Å²) in [6, 6.07) is 7.65. The number of thioether (sulfide) groups is 1. The van der Waals surface area contributed by atoms with Crippen LogP contribution in [-0.4, -0.2) is 53.5 Å². The van der Waals surface area contributed by atoms with Crippen molar-refractivity contribution in [1.29, 1.82) is 0 Å². The van der Waals surface area contributed by atoms with E-state index in [0.717, 1.165) is 15.7 Å². The van der Waals surface area contributed by atoms with Crippen molar-refractivity contribution in [2.24, 2.45) is 0 Å². The Morgan fingerprint density at radius 2 is 1.76 bits per heavy atom. The SMILES string of the molecule is CC(=O)N1CCN(C(=O)CCSc2ccccc2Cl)CC1. The van der Waals surface area contributed by atoms with Crippen LogP contribution in [0.25, 0.3) is 0 Å². The minimum absolute atomic E-state index is 0.0800. The summed E-state index contributed by atoms with van der Waals surface area (Å²) in [5.74, 6) is 0.948. The fourth-order valence-corrected chi connectivity index (χ4v) is 3.42. The van der Waals surface area contributed by atoms with E-state index in [9.17, 15) is 9.59 Å². The van der Waals surface area contributed by atoms with Gasteiger partial charge >= 0.3 is 0 Å². The third-order valence-corrected chi connectivity index (χ3v) is 5.00. The van der Waals surface area contributed by atoms with Gasteiger partial charge in [-0.05, 0) is 12.1 Å². The standard InChI is InChI=1S/C15H19ClN2O2S/c1-12(19)17-7-9-18(10-8-17)15(20)6-11-21-14-5-3-2-4-13(14)16/h2-5H,6-11H2,1H3. The van der Waals surface area contributed by atoms with Crippen LogP contribution in [0.1, 0.15) is 13.3 Å². The minimum Gasteiger partial charge on any atom is -0.339 e. The molecular weight excluding hydrogens is 308 g/mol. The molecule has 1 fully saturated rings. The molecule has 0 saturated carbocycles. The highest BCUT2D eigenvalue weighted by molar-refractivity contribution is 7.99.